The molecule has 1 unspecified atom stereocenters. The molecule has 31 heavy (non-hydrogen) atoms. The summed E-state index contributed by atoms with van der Waals surface area (Å²) in [6, 6.07) is 12.4. The van der Waals surface area contributed by atoms with Gasteiger partial charge < -0.3 is 4.74 Å². The number of primary sulfonamides is 1. The Morgan fingerprint density at radius 2 is 2.00 bits per heavy atom. The van der Waals surface area contributed by atoms with Gasteiger partial charge in [0, 0.05) is 22.2 Å². The summed E-state index contributed by atoms with van der Waals surface area (Å²) in [7, 11) is -3.87. The summed E-state index contributed by atoms with van der Waals surface area (Å²) in [4.78, 5) is 8.42. The van der Waals surface area contributed by atoms with Gasteiger partial charge in [-0.05, 0) is 41.6 Å². The fraction of sp³-hybridized carbons (Fsp3) is 0.105. The number of ether oxygens (including phenoxy) is 1. The van der Waals surface area contributed by atoms with Gasteiger partial charge in [0.1, 0.15) is 12.4 Å². The van der Waals surface area contributed by atoms with Crippen LogP contribution >= 0.6 is 22.9 Å². The first kappa shape index (κ1) is 19.9. The highest BCUT2D eigenvalue weighted by Gasteiger charge is 2.36. The molecule has 0 saturated carbocycles. The van der Waals surface area contributed by atoms with Crippen LogP contribution in [0.25, 0.3) is 21.1 Å². The van der Waals surface area contributed by atoms with E-state index in [2.05, 4.69) is 25.4 Å². The minimum absolute atomic E-state index is 0.119. The number of fused-ring (bicyclic) bond motifs is 2. The standard InChI is InChI=1S/C19H13ClN6O3S2/c20-11-1-3-13-14(5-6-22-16(13)7-11)19(9-23-26-25-19)10-29-12-2-4-15-17(8-12)30-18(24-15)31(21,27)28/h1-9H,10H2,(H2,21,27,28). The van der Waals surface area contributed by atoms with Gasteiger partial charge in [0.2, 0.25) is 4.34 Å². The number of nitrogens with zero attached hydrogens (tertiary/aromatic N) is 5. The molecule has 3 heterocycles. The Hall–Kier alpha value is -2.99. The monoisotopic (exact) mass is 472 g/mol. The highest BCUT2D eigenvalue weighted by Crippen LogP contribution is 2.35. The predicted octanol–water partition coefficient (Wildman–Crippen LogP) is 3.87. The molecule has 2 N–H and O–H groups in total. The van der Waals surface area contributed by atoms with Gasteiger partial charge >= 0.3 is 0 Å². The molecule has 5 rings (SSSR count). The smallest absolute Gasteiger partial charge is 0.265 e. The Labute approximate surface area is 185 Å². The van der Waals surface area contributed by atoms with E-state index in [0.717, 1.165) is 27.8 Å². The van der Waals surface area contributed by atoms with Crippen LogP contribution in [-0.2, 0) is 15.6 Å². The summed E-state index contributed by atoms with van der Waals surface area (Å²) in [5.41, 5.74) is 1.13. The molecule has 12 heteroatoms. The summed E-state index contributed by atoms with van der Waals surface area (Å²) >= 11 is 7.08. The molecule has 156 valence electrons. The molecular weight excluding hydrogens is 460 g/mol. The van der Waals surface area contributed by atoms with Crippen molar-refractivity contribution in [3.63, 3.8) is 0 Å². The highest BCUT2D eigenvalue weighted by molar-refractivity contribution is 7.91. The van der Waals surface area contributed by atoms with Crippen LogP contribution in [0.5, 0.6) is 5.75 Å². The van der Waals surface area contributed by atoms with Crippen molar-refractivity contribution in [2.24, 2.45) is 20.6 Å². The molecular formula is C19H13ClN6O3S2. The molecule has 0 spiro atoms. The van der Waals surface area contributed by atoms with Gasteiger partial charge in [-0.1, -0.05) is 17.7 Å². The highest BCUT2D eigenvalue weighted by atomic mass is 35.5. The third-order valence-corrected chi connectivity index (χ3v) is 7.33. The van der Waals surface area contributed by atoms with Crippen LogP contribution in [0.3, 0.4) is 0 Å². The molecule has 0 radical (unpaired) electrons. The van der Waals surface area contributed by atoms with Gasteiger partial charge in [-0.25, -0.2) is 18.5 Å². The van der Waals surface area contributed by atoms with Gasteiger partial charge in [-0.15, -0.1) is 21.6 Å². The Morgan fingerprint density at radius 3 is 2.77 bits per heavy atom. The van der Waals surface area contributed by atoms with Crippen molar-refractivity contribution in [1.82, 2.24) is 9.97 Å². The summed E-state index contributed by atoms with van der Waals surface area (Å²) in [6.07, 6.45) is 3.30. The number of hydrogen-bond acceptors (Lipinski definition) is 9. The van der Waals surface area contributed by atoms with Crippen LogP contribution in [0, 0.1) is 0 Å². The van der Waals surface area contributed by atoms with E-state index in [0.29, 0.717) is 21.0 Å². The van der Waals surface area contributed by atoms with E-state index in [4.69, 9.17) is 21.5 Å². The fourth-order valence-electron chi connectivity index (χ4n) is 3.31. The van der Waals surface area contributed by atoms with Gasteiger partial charge in [0.15, 0.2) is 5.54 Å². The number of benzene rings is 2. The second-order valence-electron chi connectivity index (χ2n) is 6.82. The molecule has 0 amide bonds. The first-order chi connectivity index (χ1) is 14.8. The Morgan fingerprint density at radius 1 is 1.13 bits per heavy atom. The molecule has 1 aliphatic heterocycles. The number of aromatic nitrogens is 2. The SMILES string of the molecule is NS(=O)(=O)c1nc2ccc(OCC3(c4ccnc5cc(Cl)ccc45)C=NN=N3)cc2s1. The quantitative estimate of drug-likeness (QED) is 0.470. The molecule has 0 aliphatic carbocycles. The van der Waals surface area contributed by atoms with Crippen molar-refractivity contribution in [1.29, 1.82) is 0 Å². The molecule has 0 saturated heterocycles. The van der Waals surface area contributed by atoms with Crippen molar-refractivity contribution in [2.45, 2.75) is 9.88 Å². The van der Waals surface area contributed by atoms with Gasteiger partial charge in [-0.2, -0.15) is 0 Å². The molecule has 0 bridgehead atoms. The molecule has 2 aromatic carbocycles. The van der Waals surface area contributed by atoms with Crippen LogP contribution in [-0.4, -0.2) is 31.2 Å². The second kappa shape index (κ2) is 7.31. The van der Waals surface area contributed by atoms with E-state index in [1.54, 1.807) is 42.7 Å². The Bertz CT molecular complexity index is 1490. The number of thiazole rings is 1. The Balaban J connectivity index is 1.50. The summed E-state index contributed by atoms with van der Waals surface area (Å²) in [6.45, 7) is 0.119. The molecule has 0 fully saturated rings. The molecule has 2 aromatic heterocycles. The number of sulfonamides is 1. The average Bonchev–Trinajstić information content (AvgIpc) is 3.39. The van der Waals surface area contributed by atoms with E-state index < -0.39 is 15.6 Å². The number of nitrogens with two attached hydrogens (primary N) is 1. The zero-order valence-corrected chi connectivity index (χ0v) is 18.0. The fourth-order valence-corrected chi connectivity index (χ4v) is 5.16. The Kier molecular flexibility index (Phi) is 4.70. The third-order valence-electron chi connectivity index (χ3n) is 4.76. The molecule has 9 nitrogen and oxygen atoms in total. The zero-order chi connectivity index (χ0) is 21.6. The maximum absolute atomic E-state index is 11.6. The summed E-state index contributed by atoms with van der Waals surface area (Å²) in [5.74, 6) is 0.522. The lowest BCUT2D eigenvalue weighted by Gasteiger charge is -2.23. The predicted molar refractivity (Wildman–Crippen MR) is 118 cm³/mol. The molecule has 4 aromatic rings. The lowest BCUT2D eigenvalue weighted by molar-refractivity contribution is 0.265. The van der Waals surface area contributed by atoms with Crippen LogP contribution in [0.1, 0.15) is 5.56 Å². The van der Waals surface area contributed by atoms with Crippen LogP contribution in [0.2, 0.25) is 5.02 Å². The normalized spacial score (nSPS) is 18.3. The van der Waals surface area contributed by atoms with E-state index in [-0.39, 0.29) is 10.9 Å². The minimum atomic E-state index is -3.87. The lowest BCUT2D eigenvalue weighted by Crippen LogP contribution is -2.31. The first-order valence-electron chi connectivity index (χ1n) is 8.91. The molecule has 1 aliphatic rings. The molecule has 1 atom stereocenters. The van der Waals surface area contributed by atoms with Crippen LogP contribution in [0.15, 0.2) is 68.4 Å². The maximum Gasteiger partial charge on any atom is 0.265 e. The van der Waals surface area contributed by atoms with Crippen molar-refractivity contribution in [3.8, 4) is 5.75 Å². The minimum Gasteiger partial charge on any atom is -0.490 e. The lowest BCUT2D eigenvalue weighted by atomic mass is 9.90. The number of rotatable bonds is 5. The maximum atomic E-state index is 11.6. The third kappa shape index (κ3) is 3.65. The number of pyridine rings is 1. The second-order valence-corrected chi connectivity index (χ2v) is 10.0. The number of hydrogen-bond donors (Lipinski definition) is 1. The van der Waals surface area contributed by atoms with Crippen molar-refractivity contribution < 1.29 is 13.2 Å². The van der Waals surface area contributed by atoms with E-state index in [9.17, 15) is 8.42 Å². The largest absolute Gasteiger partial charge is 0.490 e. The van der Waals surface area contributed by atoms with Crippen molar-refractivity contribution in [2.75, 3.05) is 6.61 Å². The zero-order valence-electron chi connectivity index (χ0n) is 15.6. The average molecular weight is 473 g/mol. The van der Waals surface area contributed by atoms with Gasteiger partial charge in [0.05, 0.1) is 21.9 Å². The van der Waals surface area contributed by atoms with Gasteiger partial charge in [0.25, 0.3) is 10.0 Å². The van der Waals surface area contributed by atoms with E-state index >= 15 is 0 Å². The number of halogens is 1. The topological polar surface area (TPSA) is 132 Å². The van der Waals surface area contributed by atoms with E-state index in [1.807, 2.05) is 12.1 Å². The van der Waals surface area contributed by atoms with Crippen molar-refractivity contribution >= 4 is 60.3 Å². The summed E-state index contributed by atoms with van der Waals surface area (Å²) in [5, 5.41) is 18.7. The summed E-state index contributed by atoms with van der Waals surface area (Å²) < 4.78 is 29.6. The van der Waals surface area contributed by atoms with Gasteiger partial charge in [-0.3, -0.25) is 4.98 Å². The first-order valence-corrected chi connectivity index (χ1v) is 11.7. The van der Waals surface area contributed by atoms with Crippen LogP contribution in [0.4, 0.5) is 0 Å². The van der Waals surface area contributed by atoms with Crippen molar-refractivity contribution in [3.05, 3.63) is 59.2 Å². The van der Waals surface area contributed by atoms with Crippen LogP contribution < -0.4 is 9.88 Å². The van der Waals surface area contributed by atoms with E-state index in [1.165, 1.54) is 0 Å².